The molecule has 21 heavy (non-hydrogen) atoms. The summed E-state index contributed by atoms with van der Waals surface area (Å²) in [7, 11) is 3.18. The summed E-state index contributed by atoms with van der Waals surface area (Å²) in [5.74, 6) is 0.120. The molecule has 1 N–H and O–H groups in total. The SMILES string of the molecule is COC(CNC(C)C(=O)c1ccc2c(c1)CCCC2)OC. The summed E-state index contributed by atoms with van der Waals surface area (Å²) < 4.78 is 10.2. The van der Waals surface area contributed by atoms with Crippen molar-refractivity contribution in [3.8, 4) is 0 Å². The van der Waals surface area contributed by atoms with Crippen LogP contribution >= 0.6 is 0 Å². The number of hydrogen-bond donors (Lipinski definition) is 1. The molecular formula is C17H25NO3. The van der Waals surface area contributed by atoms with Gasteiger partial charge in [-0.2, -0.15) is 0 Å². The summed E-state index contributed by atoms with van der Waals surface area (Å²) in [6.45, 7) is 2.37. The molecule has 1 aliphatic rings. The van der Waals surface area contributed by atoms with Gasteiger partial charge in [0.2, 0.25) is 0 Å². The van der Waals surface area contributed by atoms with E-state index in [4.69, 9.17) is 9.47 Å². The first-order valence-corrected chi connectivity index (χ1v) is 7.60. The third-order valence-corrected chi connectivity index (χ3v) is 4.14. The fourth-order valence-corrected chi connectivity index (χ4v) is 2.77. The molecule has 2 rings (SSSR count). The predicted molar refractivity (Wildman–Crippen MR) is 82.7 cm³/mol. The third kappa shape index (κ3) is 4.13. The Bertz CT molecular complexity index is 483. The van der Waals surface area contributed by atoms with Crippen molar-refractivity contribution in [3.05, 3.63) is 34.9 Å². The minimum absolute atomic E-state index is 0.120. The van der Waals surface area contributed by atoms with E-state index in [0.29, 0.717) is 6.54 Å². The lowest BCUT2D eigenvalue weighted by Crippen LogP contribution is -2.40. The number of carbonyl (C=O) groups is 1. The van der Waals surface area contributed by atoms with Gasteiger partial charge in [-0.15, -0.1) is 0 Å². The zero-order valence-electron chi connectivity index (χ0n) is 13.1. The number of methoxy groups -OCH3 is 2. The van der Waals surface area contributed by atoms with Crippen molar-refractivity contribution >= 4 is 5.78 Å². The Labute approximate surface area is 126 Å². The summed E-state index contributed by atoms with van der Waals surface area (Å²) in [5.41, 5.74) is 3.53. The first-order valence-electron chi connectivity index (χ1n) is 7.60. The molecule has 0 heterocycles. The fraction of sp³-hybridized carbons (Fsp3) is 0.588. The molecule has 1 unspecified atom stereocenters. The highest BCUT2D eigenvalue weighted by Gasteiger charge is 2.18. The van der Waals surface area contributed by atoms with Crippen LogP contribution in [0.5, 0.6) is 0 Å². The number of rotatable bonds is 7. The predicted octanol–water partition coefficient (Wildman–Crippen LogP) is 2.35. The van der Waals surface area contributed by atoms with Crippen LogP contribution < -0.4 is 5.32 Å². The summed E-state index contributed by atoms with van der Waals surface area (Å²) >= 11 is 0. The number of aryl methyl sites for hydroxylation is 2. The highest BCUT2D eigenvalue weighted by Crippen LogP contribution is 2.22. The molecule has 0 spiro atoms. The topological polar surface area (TPSA) is 47.6 Å². The number of benzene rings is 1. The Balaban J connectivity index is 1.98. The van der Waals surface area contributed by atoms with Crippen molar-refractivity contribution in [1.29, 1.82) is 0 Å². The van der Waals surface area contributed by atoms with Crippen LogP contribution in [0, 0.1) is 0 Å². The van der Waals surface area contributed by atoms with Crippen LogP contribution in [0.2, 0.25) is 0 Å². The van der Waals surface area contributed by atoms with Crippen molar-refractivity contribution in [2.75, 3.05) is 20.8 Å². The highest BCUT2D eigenvalue weighted by atomic mass is 16.7. The normalized spacial score (nSPS) is 15.8. The first-order chi connectivity index (χ1) is 10.2. The summed E-state index contributed by atoms with van der Waals surface area (Å²) in [4.78, 5) is 12.5. The van der Waals surface area contributed by atoms with E-state index in [1.165, 1.54) is 24.0 Å². The molecule has 0 saturated carbocycles. The van der Waals surface area contributed by atoms with Crippen LogP contribution in [-0.4, -0.2) is 38.9 Å². The van der Waals surface area contributed by atoms with Crippen molar-refractivity contribution in [3.63, 3.8) is 0 Å². The second kappa shape index (κ2) is 7.69. The molecule has 0 amide bonds. The van der Waals surface area contributed by atoms with Gasteiger partial charge in [-0.3, -0.25) is 4.79 Å². The maximum atomic E-state index is 12.5. The Kier molecular flexibility index (Phi) is 5.91. The van der Waals surface area contributed by atoms with Crippen LogP contribution in [0.25, 0.3) is 0 Å². The van der Waals surface area contributed by atoms with Gasteiger partial charge in [0.05, 0.1) is 6.04 Å². The van der Waals surface area contributed by atoms with Gasteiger partial charge >= 0.3 is 0 Å². The lowest BCUT2D eigenvalue weighted by atomic mass is 9.89. The van der Waals surface area contributed by atoms with Crippen molar-refractivity contribution < 1.29 is 14.3 Å². The van der Waals surface area contributed by atoms with E-state index in [1.54, 1.807) is 14.2 Å². The number of hydrogen-bond acceptors (Lipinski definition) is 4. The molecule has 4 heteroatoms. The van der Waals surface area contributed by atoms with E-state index in [-0.39, 0.29) is 18.1 Å². The van der Waals surface area contributed by atoms with E-state index in [9.17, 15) is 4.79 Å². The van der Waals surface area contributed by atoms with Crippen LogP contribution in [0.4, 0.5) is 0 Å². The van der Waals surface area contributed by atoms with Crippen LogP contribution in [0.1, 0.15) is 41.3 Å². The molecule has 0 bridgehead atoms. The number of carbonyl (C=O) groups excluding carboxylic acids is 1. The zero-order chi connectivity index (χ0) is 15.2. The zero-order valence-corrected chi connectivity index (χ0v) is 13.1. The molecular weight excluding hydrogens is 266 g/mol. The Morgan fingerprint density at radius 1 is 1.19 bits per heavy atom. The molecule has 0 aliphatic heterocycles. The second-order valence-electron chi connectivity index (χ2n) is 5.59. The van der Waals surface area contributed by atoms with Gasteiger partial charge in [0.25, 0.3) is 0 Å². The molecule has 1 atom stereocenters. The molecule has 0 radical (unpaired) electrons. The smallest absolute Gasteiger partial charge is 0.179 e. The van der Waals surface area contributed by atoms with E-state index < -0.39 is 0 Å². The lowest BCUT2D eigenvalue weighted by molar-refractivity contribution is -0.0992. The quantitative estimate of drug-likeness (QED) is 0.619. The fourth-order valence-electron chi connectivity index (χ4n) is 2.77. The average molecular weight is 291 g/mol. The number of ether oxygens (including phenoxy) is 2. The number of nitrogens with one attached hydrogen (secondary N) is 1. The monoisotopic (exact) mass is 291 g/mol. The van der Waals surface area contributed by atoms with E-state index in [2.05, 4.69) is 17.4 Å². The van der Waals surface area contributed by atoms with Crippen LogP contribution in [-0.2, 0) is 22.3 Å². The van der Waals surface area contributed by atoms with Gasteiger partial charge in [0.1, 0.15) is 0 Å². The van der Waals surface area contributed by atoms with Gasteiger partial charge < -0.3 is 14.8 Å². The molecule has 116 valence electrons. The van der Waals surface area contributed by atoms with Crippen molar-refractivity contribution in [2.45, 2.75) is 44.9 Å². The van der Waals surface area contributed by atoms with Crippen LogP contribution in [0.15, 0.2) is 18.2 Å². The molecule has 0 aromatic heterocycles. The second-order valence-corrected chi connectivity index (χ2v) is 5.59. The standard InChI is InChI=1S/C17H25NO3/c1-12(18-11-16(20-2)21-3)17(19)15-9-8-13-6-4-5-7-14(13)10-15/h8-10,12,16,18H,4-7,11H2,1-3H3. The Hall–Kier alpha value is -1.23. The number of fused-ring (bicyclic) bond motifs is 1. The van der Waals surface area contributed by atoms with Gasteiger partial charge in [0, 0.05) is 26.3 Å². The van der Waals surface area contributed by atoms with Gasteiger partial charge in [-0.05, 0) is 49.8 Å². The summed E-state index contributed by atoms with van der Waals surface area (Å²) in [5, 5.41) is 3.16. The maximum Gasteiger partial charge on any atom is 0.179 e. The van der Waals surface area contributed by atoms with Gasteiger partial charge in [-0.1, -0.05) is 12.1 Å². The van der Waals surface area contributed by atoms with Crippen LogP contribution in [0.3, 0.4) is 0 Å². The van der Waals surface area contributed by atoms with Crippen molar-refractivity contribution in [1.82, 2.24) is 5.32 Å². The molecule has 1 aromatic carbocycles. The van der Waals surface area contributed by atoms with E-state index in [1.807, 2.05) is 13.0 Å². The largest absolute Gasteiger partial charge is 0.355 e. The van der Waals surface area contributed by atoms with E-state index >= 15 is 0 Å². The third-order valence-electron chi connectivity index (χ3n) is 4.14. The first kappa shape index (κ1) is 16.1. The molecule has 0 saturated heterocycles. The highest BCUT2D eigenvalue weighted by molar-refractivity contribution is 6.00. The Morgan fingerprint density at radius 3 is 2.52 bits per heavy atom. The average Bonchev–Trinajstić information content (AvgIpc) is 2.54. The molecule has 0 fully saturated rings. The van der Waals surface area contributed by atoms with E-state index in [0.717, 1.165) is 18.4 Å². The van der Waals surface area contributed by atoms with Gasteiger partial charge in [-0.25, -0.2) is 0 Å². The number of Topliss-reactive ketones (excluding diaryl/α,β-unsaturated/α-hetero) is 1. The molecule has 1 aliphatic carbocycles. The lowest BCUT2D eigenvalue weighted by Gasteiger charge is -2.19. The molecule has 1 aromatic rings. The summed E-state index contributed by atoms with van der Waals surface area (Å²) in [6, 6.07) is 5.88. The summed E-state index contributed by atoms with van der Waals surface area (Å²) in [6.07, 6.45) is 4.38. The minimum atomic E-state index is -0.330. The Morgan fingerprint density at radius 2 is 1.86 bits per heavy atom. The maximum absolute atomic E-state index is 12.5. The van der Waals surface area contributed by atoms with Crippen molar-refractivity contribution in [2.24, 2.45) is 0 Å². The van der Waals surface area contributed by atoms with Gasteiger partial charge in [0.15, 0.2) is 12.1 Å². The number of ketones is 1. The minimum Gasteiger partial charge on any atom is -0.355 e. The molecule has 4 nitrogen and oxygen atoms in total.